The Labute approximate surface area is 74.0 Å². The third kappa shape index (κ3) is 2.24. The maximum Gasteiger partial charge on any atom is 0.243 e. The fourth-order valence-corrected chi connectivity index (χ4v) is 1.06. The van der Waals surface area contributed by atoms with Gasteiger partial charge in [0.1, 0.15) is 5.51 Å². The van der Waals surface area contributed by atoms with Crippen molar-refractivity contribution in [3.8, 4) is 0 Å². The number of amides is 1. The standard InChI is InChI=1S/C6H10N4OS/c1-2-4(7)5(11)9-6-10-8-3-12-6/h3-4H,2,7H2,1H3,(H,9,10,11)/t4-/m0/s1. The van der Waals surface area contributed by atoms with Crippen LogP contribution in [0.25, 0.3) is 0 Å². The Bertz CT molecular complexity index is 248. The Kier molecular flexibility index (Phi) is 3.12. The lowest BCUT2D eigenvalue weighted by atomic mass is 10.2. The second-order valence-electron chi connectivity index (χ2n) is 2.25. The molecule has 1 rings (SSSR count). The molecule has 0 unspecified atom stereocenters. The van der Waals surface area contributed by atoms with Crippen molar-refractivity contribution in [1.82, 2.24) is 10.2 Å². The van der Waals surface area contributed by atoms with E-state index in [1.165, 1.54) is 11.3 Å². The van der Waals surface area contributed by atoms with Crippen LogP contribution < -0.4 is 11.1 Å². The zero-order valence-electron chi connectivity index (χ0n) is 6.65. The summed E-state index contributed by atoms with van der Waals surface area (Å²) in [6.07, 6.45) is 0.616. The Morgan fingerprint density at radius 3 is 3.17 bits per heavy atom. The van der Waals surface area contributed by atoms with E-state index in [-0.39, 0.29) is 5.91 Å². The highest BCUT2D eigenvalue weighted by Crippen LogP contribution is 2.08. The molecule has 66 valence electrons. The number of anilines is 1. The van der Waals surface area contributed by atoms with Crippen LogP contribution in [0.5, 0.6) is 0 Å². The van der Waals surface area contributed by atoms with E-state index in [9.17, 15) is 4.79 Å². The number of aromatic nitrogens is 2. The van der Waals surface area contributed by atoms with Crippen molar-refractivity contribution in [2.24, 2.45) is 5.73 Å². The summed E-state index contributed by atoms with van der Waals surface area (Å²) in [5.41, 5.74) is 7.03. The van der Waals surface area contributed by atoms with Crippen LogP contribution in [-0.2, 0) is 4.79 Å². The number of nitrogens with one attached hydrogen (secondary N) is 1. The molecule has 1 aromatic heterocycles. The third-order valence-electron chi connectivity index (χ3n) is 1.37. The Morgan fingerprint density at radius 1 is 1.92 bits per heavy atom. The summed E-state index contributed by atoms with van der Waals surface area (Å²) in [4.78, 5) is 11.1. The van der Waals surface area contributed by atoms with Crippen LogP contribution in [0.4, 0.5) is 5.13 Å². The highest BCUT2D eigenvalue weighted by Gasteiger charge is 2.11. The number of nitrogens with two attached hydrogens (primary N) is 1. The van der Waals surface area contributed by atoms with Crippen LogP contribution >= 0.6 is 11.3 Å². The van der Waals surface area contributed by atoms with Crippen LogP contribution in [0.1, 0.15) is 13.3 Å². The van der Waals surface area contributed by atoms with Crippen molar-refractivity contribution in [2.45, 2.75) is 19.4 Å². The fourth-order valence-electron chi connectivity index (χ4n) is 0.611. The Hall–Kier alpha value is -1.01. The topological polar surface area (TPSA) is 80.9 Å². The molecule has 1 heterocycles. The summed E-state index contributed by atoms with van der Waals surface area (Å²) in [7, 11) is 0. The smallest absolute Gasteiger partial charge is 0.243 e. The van der Waals surface area contributed by atoms with Crippen LogP contribution in [0.15, 0.2) is 5.51 Å². The lowest BCUT2D eigenvalue weighted by Crippen LogP contribution is -2.34. The molecule has 12 heavy (non-hydrogen) atoms. The van der Waals surface area contributed by atoms with Crippen LogP contribution in [-0.4, -0.2) is 22.1 Å². The predicted octanol–water partition coefficient (Wildman–Crippen LogP) is 0.214. The van der Waals surface area contributed by atoms with Crippen molar-refractivity contribution in [1.29, 1.82) is 0 Å². The molecule has 0 radical (unpaired) electrons. The molecule has 0 bridgehead atoms. The molecule has 5 nitrogen and oxygen atoms in total. The van der Waals surface area contributed by atoms with Gasteiger partial charge in [-0.1, -0.05) is 18.3 Å². The van der Waals surface area contributed by atoms with E-state index in [1.54, 1.807) is 5.51 Å². The zero-order valence-corrected chi connectivity index (χ0v) is 7.47. The molecule has 1 amide bonds. The highest BCUT2D eigenvalue weighted by atomic mass is 32.1. The van der Waals surface area contributed by atoms with Crippen molar-refractivity contribution >= 4 is 22.4 Å². The van der Waals surface area contributed by atoms with E-state index in [0.29, 0.717) is 11.6 Å². The molecular weight excluding hydrogens is 176 g/mol. The van der Waals surface area contributed by atoms with Gasteiger partial charge in [-0.05, 0) is 6.42 Å². The summed E-state index contributed by atoms with van der Waals surface area (Å²) in [6.45, 7) is 1.85. The first-order valence-electron chi connectivity index (χ1n) is 3.56. The minimum absolute atomic E-state index is 0.214. The lowest BCUT2D eigenvalue weighted by molar-refractivity contribution is -0.117. The normalized spacial score (nSPS) is 12.5. The van der Waals surface area contributed by atoms with Gasteiger partial charge in [0.25, 0.3) is 0 Å². The molecule has 0 aromatic carbocycles. The number of nitrogens with zero attached hydrogens (tertiary/aromatic N) is 2. The van der Waals surface area contributed by atoms with Gasteiger partial charge >= 0.3 is 0 Å². The van der Waals surface area contributed by atoms with Crippen molar-refractivity contribution in [3.63, 3.8) is 0 Å². The van der Waals surface area contributed by atoms with E-state index in [1.807, 2.05) is 6.92 Å². The van der Waals surface area contributed by atoms with Crippen molar-refractivity contribution in [2.75, 3.05) is 5.32 Å². The number of carbonyl (C=O) groups is 1. The van der Waals surface area contributed by atoms with Gasteiger partial charge in [-0.25, -0.2) is 0 Å². The van der Waals surface area contributed by atoms with E-state index in [2.05, 4.69) is 15.5 Å². The minimum Gasteiger partial charge on any atom is -0.320 e. The lowest BCUT2D eigenvalue weighted by Gasteiger charge is -2.06. The van der Waals surface area contributed by atoms with Crippen LogP contribution in [0, 0.1) is 0 Å². The summed E-state index contributed by atoms with van der Waals surface area (Å²) in [6, 6.07) is -0.464. The molecule has 6 heteroatoms. The molecule has 0 saturated carbocycles. The molecule has 1 aromatic rings. The minimum atomic E-state index is -0.464. The summed E-state index contributed by atoms with van der Waals surface area (Å²) < 4.78 is 0. The second kappa shape index (κ2) is 4.13. The molecule has 0 aliphatic rings. The average molecular weight is 186 g/mol. The first kappa shape index (κ1) is 9.08. The quantitative estimate of drug-likeness (QED) is 0.707. The maximum absolute atomic E-state index is 11.1. The molecular formula is C6H10N4OS. The monoisotopic (exact) mass is 186 g/mol. The van der Waals surface area contributed by atoms with Gasteiger partial charge in [0.15, 0.2) is 0 Å². The molecule has 1 atom stereocenters. The van der Waals surface area contributed by atoms with Crippen LogP contribution in [0.3, 0.4) is 0 Å². The molecule has 0 aliphatic heterocycles. The van der Waals surface area contributed by atoms with E-state index >= 15 is 0 Å². The van der Waals surface area contributed by atoms with Gasteiger partial charge in [0, 0.05) is 0 Å². The molecule has 0 saturated heterocycles. The molecule has 3 N–H and O–H groups in total. The summed E-state index contributed by atoms with van der Waals surface area (Å²) in [5.74, 6) is -0.214. The summed E-state index contributed by atoms with van der Waals surface area (Å²) in [5, 5.41) is 10.3. The van der Waals surface area contributed by atoms with Gasteiger partial charge in [0.05, 0.1) is 6.04 Å². The van der Waals surface area contributed by atoms with Crippen LogP contribution in [0.2, 0.25) is 0 Å². The van der Waals surface area contributed by atoms with E-state index in [0.717, 1.165) is 0 Å². The molecule has 0 aliphatic carbocycles. The first-order chi connectivity index (χ1) is 5.74. The number of hydrogen-bond donors (Lipinski definition) is 2. The fraction of sp³-hybridized carbons (Fsp3) is 0.500. The van der Waals surface area contributed by atoms with Gasteiger partial charge in [-0.15, -0.1) is 10.2 Å². The summed E-state index contributed by atoms with van der Waals surface area (Å²) >= 11 is 1.27. The second-order valence-corrected chi connectivity index (χ2v) is 3.08. The largest absolute Gasteiger partial charge is 0.320 e. The Morgan fingerprint density at radius 2 is 2.67 bits per heavy atom. The predicted molar refractivity (Wildman–Crippen MR) is 46.8 cm³/mol. The van der Waals surface area contributed by atoms with Crippen molar-refractivity contribution < 1.29 is 4.79 Å². The molecule has 0 spiro atoms. The van der Waals surface area contributed by atoms with Gasteiger partial charge < -0.3 is 5.73 Å². The number of hydrogen-bond acceptors (Lipinski definition) is 5. The molecule has 0 fully saturated rings. The number of rotatable bonds is 3. The van der Waals surface area contributed by atoms with E-state index in [4.69, 9.17) is 5.73 Å². The third-order valence-corrected chi connectivity index (χ3v) is 1.97. The Balaban J connectivity index is 2.47. The van der Waals surface area contributed by atoms with Gasteiger partial charge in [-0.3, -0.25) is 10.1 Å². The van der Waals surface area contributed by atoms with E-state index < -0.39 is 6.04 Å². The van der Waals surface area contributed by atoms with Gasteiger partial charge in [-0.2, -0.15) is 0 Å². The maximum atomic E-state index is 11.1. The average Bonchev–Trinajstić information content (AvgIpc) is 2.55. The first-order valence-corrected chi connectivity index (χ1v) is 4.44. The van der Waals surface area contributed by atoms with Crippen molar-refractivity contribution in [3.05, 3.63) is 5.51 Å². The van der Waals surface area contributed by atoms with Gasteiger partial charge in [0.2, 0.25) is 11.0 Å². The SMILES string of the molecule is CC[C@H](N)C(=O)Nc1nncs1. The number of carbonyl (C=O) groups excluding carboxylic acids is 1. The highest BCUT2D eigenvalue weighted by molar-refractivity contribution is 7.13. The zero-order chi connectivity index (χ0) is 8.97.